The van der Waals surface area contributed by atoms with Crippen molar-refractivity contribution in [1.82, 2.24) is 0 Å². The van der Waals surface area contributed by atoms with Gasteiger partial charge in [-0.2, -0.15) is 0 Å². The predicted octanol–water partition coefficient (Wildman–Crippen LogP) is 3.21. The molecule has 1 aromatic carbocycles. The summed E-state index contributed by atoms with van der Waals surface area (Å²) in [6.07, 6.45) is -2.84. The van der Waals surface area contributed by atoms with E-state index in [2.05, 4.69) is 0 Å². The first-order chi connectivity index (χ1) is 5.52. The summed E-state index contributed by atoms with van der Waals surface area (Å²) in [6.45, 7) is 1.19. The van der Waals surface area contributed by atoms with Crippen molar-refractivity contribution < 1.29 is 17.6 Å². The molecule has 1 aromatic rings. The highest BCUT2D eigenvalue weighted by atomic mass is 19.3. The van der Waals surface area contributed by atoms with Gasteiger partial charge >= 0.3 is 0 Å². The van der Waals surface area contributed by atoms with Crippen molar-refractivity contribution >= 4 is 0 Å². The van der Waals surface area contributed by atoms with Crippen molar-refractivity contribution in [1.29, 1.82) is 0 Å². The van der Waals surface area contributed by atoms with E-state index >= 15 is 0 Å². The third-order valence-corrected chi connectivity index (χ3v) is 1.56. The first-order valence-electron chi connectivity index (χ1n) is 3.26. The summed E-state index contributed by atoms with van der Waals surface area (Å²) < 4.78 is 49.1. The molecule has 0 N–H and O–H groups in total. The lowest BCUT2D eigenvalue weighted by atomic mass is 10.1. The van der Waals surface area contributed by atoms with E-state index in [0.717, 1.165) is 0 Å². The average molecular weight is 178 g/mol. The zero-order valence-electron chi connectivity index (χ0n) is 6.24. The number of halogens is 4. The molecule has 66 valence electrons. The van der Waals surface area contributed by atoms with Crippen LogP contribution in [0.15, 0.2) is 12.1 Å². The fourth-order valence-electron chi connectivity index (χ4n) is 0.791. The zero-order chi connectivity index (χ0) is 9.30. The van der Waals surface area contributed by atoms with E-state index < -0.39 is 23.6 Å². The van der Waals surface area contributed by atoms with Crippen LogP contribution in [-0.2, 0) is 0 Å². The molecule has 0 aliphatic carbocycles. The minimum Gasteiger partial charge on any atom is -0.207 e. The van der Waals surface area contributed by atoms with Gasteiger partial charge < -0.3 is 0 Å². The molecule has 0 unspecified atom stereocenters. The summed E-state index contributed by atoms with van der Waals surface area (Å²) in [5, 5.41) is 0. The Labute approximate surface area is 66.8 Å². The van der Waals surface area contributed by atoms with Crippen LogP contribution in [0.1, 0.15) is 17.6 Å². The first kappa shape index (κ1) is 9.03. The quantitative estimate of drug-likeness (QED) is 0.579. The van der Waals surface area contributed by atoms with E-state index in [1.807, 2.05) is 0 Å². The van der Waals surface area contributed by atoms with Crippen LogP contribution in [0.3, 0.4) is 0 Å². The van der Waals surface area contributed by atoms with Crippen LogP contribution < -0.4 is 0 Å². The van der Waals surface area contributed by atoms with Crippen molar-refractivity contribution in [3.8, 4) is 0 Å². The van der Waals surface area contributed by atoms with E-state index in [9.17, 15) is 17.6 Å². The van der Waals surface area contributed by atoms with Gasteiger partial charge in [0.05, 0.1) is 0 Å². The highest BCUT2D eigenvalue weighted by Crippen LogP contribution is 2.22. The van der Waals surface area contributed by atoms with E-state index in [4.69, 9.17) is 0 Å². The standard InChI is InChI=1S/C8H6F4/c1-4-6(9)2-5(8(11)12)3-7(4)10/h2-3,8H,1H3. The molecular formula is C8H6F4. The maximum absolute atomic E-state index is 12.6. The van der Waals surface area contributed by atoms with Gasteiger partial charge in [0.2, 0.25) is 0 Å². The summed E-state index contributed by atoms with van der Waals surface area (Å²) in [6, 6.07) is 1.28. The molecule has 0 radical (unpaired) electrons. The van der Waals surface area contributed by atoms with Gasteiger partial charge in [-0.25, -0.2) is 17.6 Å². The second kappa shape index (κ2) is 3.13. The molecule has 0 heterocycles. The Kier molecular flexibility index (Phi) is 2.35. The summed E-state index contributed by atoms with van der Waals surface area (Å²) >= 11 is 0. The van der Waals surface area contributed by atoms with Gasteiger partial charge in [-0.3, -0.25) is 0 Å². The van der Waals surface area contributed by atoms with E-state index in [-0.39, 0.29) is 5.56 Å². The minimum absolute atomic E-state index is 0.237. The van der Waals surface area contributed by atoms with Gasteiger partial charge in [0.15, 0.2) is 0 Å². The predicted molar refractivity (Wildman–Crippen MR) is 36.1 cm³/mol. The lowest BCUT2D eigenvalue weighted by molar-refractivity contribution is 0.150. The molecule has 0 aromatic heterocycles. The van der Waals surface area contributed by atoms with Crippen molar-refractivity contribution in [2.75, 3.05) is 0 Å². The number of hydrogen-bond acceptors (Lipinski definition) is 0. The SMILES string of the molecule is Cc1c(F)cc(C(F)F)cc1F. The number of hydrogen-bond donors (Lipinski definition) is 0. The van der Waals surface area contributed by atoms with Crippen LogP contribution >= 0.6 is 0 Å². The van der Waals surface area contributed by atoms with Crippen LogP contribution in [0.25, 0.3) is 0 Å². The van der Waals surface area contributed by atoms with Crippen LogP contribution in [0, 0.1) is 18.6 Å². The Morgan fingerprint density at radius 3 is 1.83 bits per heavy atom. The molecule has 0 fully saturated rings. The molecule has 0 aliphatic heterocycles. The number of benzene rings is 1. The molecule has 0 amide bonds. The first-order valence-corrected chi connectivity index (χ1v) is 3.26. The van der Waals surface area contributed by atoms with Gasteiger partial charge in [-0.1, -0.05) is 0 Å². The summed E-state index contributed by atoms with van der Waals surface area (Å²) in [7, 11) is 0. The molecule has 0 saturated carbocycles. The van der Waals surface area contributed by atoms with E-state index in [1.54, 1.807) is 0 Å². The van der Waals surface area contributed by atoms with Crippen LogP contribution in [0.2, 0.25) is 0 Å². The second-order valence-electron chi connectivity index (χ2n) is 2.41. The maximum atomic E-state index is 12.6. The van der Waals surface area contributed by atoms with Crippen LogP contribution in [0.5, 0.6) is 0 Å². The highest BCUT2D eigenvalue weighted by molar-refractivity contribution is 5.25. The largest absolute Gasteiger partial charge is 0.264 e. The fraction of sp³-hybridized carbons (Fsp3) is 0.250. The van der Waals surface area contributed by atoms with Crippen LogP contribution in [0.4, 0.5) is 17.6 Å². The van der Waals surface area contributed by atoms with Gasteiger partial charge in [0.25, 0.3) is 6.43 Å². The molecule has 0 spiro atoms. The monoisotopic (exact) mass is 178 g/mol. The minimum atomic E-state index is -2.84. The van der Waals surface area contributed by atoms with Crippen molar-refractivity contribution in [2.24, 2.45) is 0 Å². The lowest BCUT2D eigenvalue weighted by Crippen LogP contribution is -1.93. The topological polar surface area (TPSA) is 0 Å². The van der Waals surface area contributed by atoms with Crippen LogP contribution in [-0.4, -0.2) is 0 Å². The lowest BCUT2D eigenvalue weighted by Gasteiger charge is -2.02. The van der Waals surface area contributed by atoms with Gasteiger partial charge in [-0.15, -0.1) is 0 Å². The fourth-order valence-corrected chi connectivity index (χ4v) is 0.791. The Bertz CT molecular complexity index is 270. The molecule has 12 heavy (non-hydrogen) atoms. The molecule has 4 heteroatoms. The second-order valence-corrected chi connectivity index (χ2v) is 2.41. The molecule has 0 atom stereocenters. The molecule has 1 rings (SSSR count). The van der Waals surface area contributed by atoms with E-state index in [0.29, 0.717) is 12.1 Å². The molecule has 0 aliphatic rings. The third-order valence-electron chi connectivity index (χ3n) is 1.56. The third kappa shape index (κ3) is 1.57. The van der Waals surface area contributed by atoms with Gasteiger partial charge in [0.1, 0.15) is 11.6 Å². The average Bonchev–Trinajstić information content (AvgIpc) is 1.99. The smallest absolute Gasteiger partial charge is 0.207 e. The maximum Gasteiger partial charge on any atom is 0.264 e. The molecule has 0 saturated heterocycles. The Hall–Kier alpha value is -1.06. The Balaban J connectivity index is 3.21. The molecule has 0 nitrogen and oxygen atoms in total. The number of rotatable bonds is 1. The molecular weight excluding hydrogens is 172 g/mol. The van der Waals surface area contributed by atoms with Gasteiger partial charge in [-0.05, 0) is 19.1 Å². The summed E-state index contributed by atoms with van der Waals surface area (Å²) in [5.74, 6) is -1.88. The van der Waals surface area contributed by atoms with E-state index in [1.165, 1.54) is 6.92 Å². The Morgan fingerprint density at radius 1 is 1.08 bits per heavy atom. The Morgan fingerprint density at radius 2 is 1.50 bits per heavy atom. The van der Waals surface area contributed by atoms with Crippen molar-refractivity contribution in [3.05, 3.63) is 34.9 Å². The van der Waals surface area contributed by atoms with Crippen molar-refractivity contribution in [2.45, 2.75) is 13.3 Å². The van der Waals surface area contributed by atoms with Crippen molar-refractivity contribution in [3.63, 3.8) is 0 Å². The number of alkyl halides is 2. The zero-order valence-corrected chi connectivity index (χ0v) is 6.24. The summed E-state index contributed by atoms with van der Waals surface area (Å²) in [4.78, 5) is 0. The molecule has 0 bridgehead atoms. The highest BCUT2D eigenvalue weighted by Gasteiger charge is 2.12. The normalized spacial score (nSPS) is 10.8. The van der Waals surface area contributed by atoms with Gasteiger partial charge in [0, 0.05) is 11.1 Å². The summed E-state index contributed by atoms with van der Waals surface area (Å²) in [5.41, 5.74) is -0.866.